The predicted octanol–water partition coefficient (Wildman–Crippen LogP) is 3.18. The van der Waals surface area contributed by atoms with E-state index in [2.05, 4.69) is 0 Å². The fourth-order valence-corrected chi connectivity index (χ4v) is 2.49. The fourth-order valence-electron chi connectivity index (χ4n) is 2.29. The van der Waals surface area contributed by atoms with Gasteiger partial charge in [0.15, 0.2) is 0 Å². The summed E-state index contributed by atoms with van der Waals surface area (Å²) in [5, 5.41) is 0.742. The lowest BCUT2D eigenvalue weighted by atomic mass is 10.1. The molecule has 0 saturated carbocycles. The molecule has 3 rings (SSSR count). The molecule has 0 bridgehead atoms. The van der Waals surface area contributed by atoms with Crippen LogP contribution in [0.5, 0.6) is 11.5 Å². The van der Waals surface area contributed by atoms with Crippen molar-refractivity contribution in [3.05, 3.63) is 58.6 Å². The average Bonchev–Trinajstić information content (AvgIpc) is 2.87. The molecule has 1 unspecified atom stereocenters. The molecule has 0 radical (unpaired) electrons. The van der Waals surface area contributed by atoms with Crippen LogP contribution in [-0.2, 0) is 13.0 Å². The second kappa shape index (κ2) is 5.73. The quantitative estimate of drug-likeness (QED) is 0.940. The van der Waals surface area contributed by atoms with Crippen LogP contribution in [0.15, 0.2) is 42.5 Å². The molecular weight excluding hydrogens is 274 g/mol. The van der Waals surface area contributed by atoms with Crippen molar-refractivity contribution in [2.75, 3.05) is 6.61 Å². The van der Waals surface area contributed by atoms with Crippen LogP contribution in [0.3, 0.4) is 0 Å². The van der Waals surface area contributed by atoms with E-state index in [0.29, 0.717) is 13.2 Å². The first-order valence-corrected chi connectivity index (χ1v) is 6.99. The van der Waals surface area contributed by atoms with Crippen molar-refractivity contribution >= 4 is 11.6 Å². The van der Waals surface area contributed by atoms with Crippen LogP contribution >= 0.6 is 11.6 Å². The first-order valence-electron chi connectivity index (χ1n) is 6.61. The van der Waals surface area contributed by atoms with Gasteiger partial charge in [0.1, 0.15) is 24.2 Å². The highest BCUT2D eigenvalue weighted by molar-refractivity contribution is 6.30. The molecule has 104 valence electrons. The normalized spacial score (nSPS) is 16.6. The number of hydrogen-bond acceptors (Lipinski definition) is 3. The molecule has 3 nitrogen and oxygen atoms in total. The third-order valence-corrected chi connectivity index (χ3v) is 3.59. The van der Waals surface area contributed by atoms with Gasteiger partial charge in [0.25, 0.3) is 0 Å². The molecule has 0 aromatic heterocycles. The first-order chi connectivity index (χ1) is 9.74. The Morgan fingerprint density at radius 2 is 2.00 bits per heavy atom. The zero-order valence-corrected chi connectivity index (χ0v) is 11.8. The molecule has 20 heavy (non-hydrogen) atoms. The largest absolute Gasteiger partial charge is 0.490 e. The van der Waals surface area contributed by atoms with Crippen LogP contribution < -0.4 is 15.2 Å². The number of nitrogens with two attached hydrogens (primary N) is 1. The SMILES string of the molecule is NCc1ccc(OCC2Cc3cc(Cl)ccc3O2)cc1. The van der Waals surface area contributed by atoms with Gasteiger partial charge >= 0.3 is 0 Å². The topological polar surface area (TPSA) is 44.5 Å². The Labute approximate surface area is 123 Å². The molecule has 1 heterocycles. The zero-order chi connectivity index (χ0) is 13.9. The van der Waals surface area contributed by atoms with Crippen molar-refractivity contribution in [1.82, 2.24) is 0 Å². The van der Waals surface area contributed by atoms with Gasteiger partial charge in [-0.2, -0.15) is 0 Å². The van der Waals surface area contributed by atoms with Crippen molar-refractivity contribution in [3.8, 4) is 11.5 Å². The van der Waals surface area contributed by atoms with Gasteiger partial charge in [0, 0.05) is 18.0 Å². The summed E-state index contributed by atoms with van der Waals surface area (Å²) in [5.74, 6) is 1.74. The van der Waals surface area contributed by atoms with Crippen molar-refractivity contribution in [3.63, 3.8) is 0 Å². The number of benzene rings is 2. The highest BCUT2D eigenvalue weighted by Crippen LogP contribution is 2.31. The molecule has 1 aliphatic heterocycles. The van der Waals surface area contributed by atoms with Gasteiger partial charge in [-0.15, -0.1) is 0 Å². The summed E-state index contributed by atoms with van der Waals surface area (Å²) in [7, 11) is 0. The van der Waals surface area contributed by atoms with Gasteiger partial charge in [-0.3, -0.25) is 0 Å². The summed E-state index contributed by atoms with van der Waals surface area (Å²) >= 11 is 5.98. The lowest BCUT2D eigenvalue weighted by Crippen LogP contribution is -2.22. The van der Waals surface area contributed by atoms with E-state index in [0.717, 1.165) is 34.1 Å². The summed E-state index contributed by atoms with van der Waals surface area (Å²) in [4.78, 5) is 0. The average molecular weight is 290 g/mol. The number of fused-ring (bicyclic) bond motifs is 1. The smallest absolute Gasteiger partial charge is 0.137 e. The standard InChI is InChI=1S/C16H16ClNO2/c17-13-3-6-16-12(7-13)8-15(20-16)10-19-14-4-1-11(9-18)2-5-14/h1-7,15H,8-10,18H2. The van der Waals surface area contributed by atoms with E-state index in [4.69, 9.17) is 26.8 Å². The number of rotatable bonds is 4. The molecule has 2 aromatic carbocycles. The summed E-state index contributed by atoms with van der Waals surface area (Å²) in [6.07, 6.45) is 0.870. The number of halogens is 1. The monoisotopic (exact) mass is 289 g/mol. The third-order valence-electron chi connectivity index (χ3n) is 3.36. The van der Waals surface area contributed by atoms with Crippen LogP contribution in [0.4, 0.5) is 0 Å². The lowest BCUT2D eigenvalue weighted by Gasteiger charge is -2.12. The Bertz CT molecular complexity index is 598. The van der Waals surface area contributed by atoms with Crippen molar-refractivity contribution in [1.29, 1.82) is 0 Å². The van der Waals surface area contributed by atoms with Gasteiger partial charge in [0.05, 0.1) is 0 Å². The molecule has 2 N–H and O–H groups in total. The van der Waals surface area contributed by atoms with Gasteiger partial charge in [-0.05, 0) is 41.5 Å². The van der Waals surface area contributed by atoms with Gasteiger partial charge in [-0.1, -0.05) is 23.7 Å². The maximum atomic E-state index is 5.98. The van der Waals surface area contributed by atoms with Crippen LogP contribution in [0.1, 0.15) is 11.1 Å². The minimum Gasteiger partial charge on any atom is -0.490 e. The number of ether oxygens (including phenoxy) is 2. The fraction of sp³-hybridized carbons (Fsp3) is 0.250. The van der Waals surface area contributed by atoms with Gasteiger partial charge in [-0.25, -0.2) is 0 Å². The highest BCUT2D eigenvalue weighted by atomic mass is 35.5. The van der Waals surface area contributed by atoms with E-state index in [9.17, 15) is 0 Å². The Morgan fingerprint density at radius 3 is 2.75 bits per heavy atom. The molecule has 0 spiro atoms. The summed E-state index contributed by atoms with van der Waals surface area (Å²) in [5.41, 5.74) is 7.80. The molecule has 0 saturated heterocycles. The highest BCUT2D eigenvalue weighted by Gasteiger charge is 2.23. The van der Waals surface area contributed by atoms with E-state index >= 15 is 0 Å². The molecular formula is C16H16ClNO2. The minimum absolute atomic E-state index is 0.0395. The molecule has 1 aliphatic rings. The van der Waals surface area contributed by atoms with Gasteiger partial charge < -0.3 is 15.2 Å². The van der Waals surface area contributed by atoms with Crippen molar-refractivity contribution in [2.24, 2.45) is 5.73 Å². The summed E-state index contributed by atoms with van der Waals surface area (Å²) in [6, 6.07) is 13.5. The third kappa shape index (κ3) is 2.89. The summed E-state index contributed by atoms with van der Waals surface area (Å²) in [6.45, 7) is 1.07. The predicted molar refractivity (Wildman–Crippen MR) is 79.4 cm³/mol. The van der Waals surface area contributed by atoms with Crippen molar-refractivity contribution < 1.29 is 9.47 Å². The van der Waals surface area contributed by atoms with Crippen LogP contribution in [-0.4, -0.2) is 12.7 Å². The van der Waals surface area contributed by atoms with E-state index in [1.54, 1.807) is 0 Å². The van der Waals surface area contributed by atoms with E-state index in [1.165, 1.54) is 0 Å². The van der Waals surface area contributed by atoms with Crippen LogP contribution in [0.25, 0.3) is 0 Å². The maximum absolute atomic E-state index is 5.98. The Kier molecular flexibility index (Phi) is 3.81. The van der Waals surface area contributed by atoms with E-state index in [1.807, 2.05) is 42.5 Å². The second-order valence-electron chi connectivity index (χ2n) is 4.86. The molecule has 0 amide bonds. The molecule has 1 atom stereocenters. The van der Waals surface area contributed by atoms with Crippen LogP contribution in [0.2, 0.25) is 5.02 Å². The van der Waals surface area contributed by atoms with Gasteiger partial charge in [0.2, 0.25) is 0 Å². The molecule has 4 heteroatoms. The Morgan fingerprint density at radius 1 is 1.20 bits per heavy atom. The molecule has 2 aromatic rings. The lowest BCUT2D eigenvalue weighted by molar-refractivity contribution is 0.148. The summed E-state index contributed by atoms with van der Waals surface area (Å²) < 4.78 is 11.6. The van der Waals surface area contributed by atoms with Crippen molar-refractivity contribution in [2.45, 2.75) is 19.1 Å². The van der Waals surface area contributed by atoms with E-state index in [-0.39, 0.29) is 6.10 Å². The maximum Gasteiger partial charge on any atom is 0.137 e. The number of hydrogen-bond donors (Lipinski definition) is 1. The van der Waals surface area contributed by atoms with E-state index < -0.39 is 0 Å². The Balaban J connectivity index is 1.58. The Hall–Kier alpha value is -1.71. The minimum atomic E-state index is 0.0395. The zero-order valence-electron chi connectivity index (χ0n) is 11.0. The van der Waals surface area contributed by atoms with Crippen LogP contribution in [0, 0.1) is 0 Å². The molecule has 0 fully saturated rings. The second-order valence-corrected chi connectivity index (χ2v) is 5.29. The molecule has 0 aliphatic carbocycles. The first kappa shape index (κ1) is 13.3.